The van der Waals surface area contributed by atoms with Crippen molar-refractivity contribution in [2.45, 2.75) is 13.8 Å². The van der Waals surface area contributed by atoms with Crippen LogP contribution in [0.4, 0.5) is 0 Å². The molecular formula is C6H12N2O. The van der Waals surface area contributed by atoms with Crippen molar-refractivity contribution in [1.29, 1.82) is 5.26 Å². The van der Waals surface area contributed by atoms with Crippen molar-refractivity contribution >= 4 is 0 Å². The van der Waals surface area contributed by atoms with Gasteiger partial charge in [-0.05, 0) is 13.8 Å². The quantitative estimate of drug-likeness (QED) is 0.529. The molecule has 2 N–H and O–H groups in total. The van der Waals surface area contributed by atoms with Crippen molar-refractivity contribution in [3.63, 3.8) is 0 Å². The number of nitriles is 1. The second kappa shape index (κ2) is 3.44. The minimum Gasteiger partial charge on any atom is -0.381 e. The molecule has 0 atom stereocenters. The van der Waals surface area contributed by atoms with E-state index in [0.717, 1.165) is 0 Å². The molecule has 0 aromatic carbocycles. The summed E-state index contributed by atoms with van der Waals surface area (Å²) in [5, 5.41) is 19.4. The van der Waals surface area contributed by atoms with Crippen LogP contribution in [0.15, 0.2) is 0 Å². The SMILES string of the molecule is CC(C)(C#N)CNCO. The fourth-order valence-corrected chi connectivity index (χ4v) is 0.408. The summed E-state index contributed by atoms with van der Waals surface area (Å²) < 4.78 is 0. The fraction of sp³-hybridized carbons (Fsp3) is 0.833. The first-order valence-electron chi connectivity index (χ1n) is 2.85. The van der Waals surface area contributed by atoms with E-state index >= 15 is 0 Å². The zero-order chi connectivity index (χ0) is 7.33. The molecule has 3 nitrogen and oxygen atoms in total. The van der Waals surface area contributed by atoms with Gasteiger partial charge in [-0.15, -0.1) is 0 Å². The van der Waals surface area contributed by atoms with Crippen LogP contribution in [0.3, 0.4) is 0 Å². The first kappa shape index (κ1) is 8.41. The molecule has 0 bridgehead atoms. The van der Waals surface area contributed by atoms with Crippen molar-refractivity contribution < 1.29 is 5.11 Å². The maximum absolute atomic E-state index is 8.45. The normalized spacial score (nSPS) is 10.9. The third-order valence-electron chi connectivity index (χ3n) is 0.981. The molecule has 3 heteroatoms. The van der Waals surface area contributed by atoms with Crippen LogP contribution in [0.25, 0.3) is 0 Å². The standard InChI is InChI=1S/C6H12N2O/c1-6(2,3-7)4-8-5-9/h8-9H,4-5H2,1-2H3. The number of nitrogens with zero attached hydrogens (tertiary/aromatic N) is 1. The van der Waals surface area contributed by atoms with Crippen molar-refractivity contribution in [3.8, 4) is 6.07 Å². The Hall–Kier alpha value is -0.590. The topological polar surface area (TPSA) is 56.0 Å². The third kappa shape index (κ3) is 3.95. The molecule has 0 amide bonds. The molecule has 0 radical (unpaired) electrons. The number of hydrogen-bond acceptors (Lipinski definition) is 3. The summed E-state index contributed by atoms with van der Waals surface area (Å²) in [4.78, 5) is 0. The number of hydrogen-bond donors (Lipinski definition) is 2. The van der Waals surface area contributed by atoms with Crippen LogP contribution in [0, 0.1) is 16.7 Å². The summed E-state index contributed by atoms with van der Waals surface area (Å²) in [5.74, 6) is 0. The number of rotatable bonds is 3. The molecule has 52 valence electrons. The Balaban J connectivity index is 3.49. The molecule has 0 rings (SSSR count). The van der Waals surface area contributed by atoms with E-state index in [0.29, 0.717) is 6.54 Å². The van der Waals surface area contributed by atoms with Crippen LogP contribution in [0.5, 0.6) is 0 Å². The smallest absolute Gasteiger partial charge is 0.0932 e. The van der Waals surface area contributed by atoms with Gasteiger partial charge in [0, 0.05) is 6.54 Å². The van der Waals surface area contributed by atoms with Crippen LogP contribution >= 0.6 is 0 Å². The van der Waals surface area contributed by atoms with Crippen molar-refractivity contribution in [2.24, 2.45) is 5.41 Å². The van der Waals surface area contributed by atoms with E-state index in [-0.39, 0.29) is 12.1 Å². The van der Waals surface area contributed by atoms with Gasteiger partial charge < -0.3 is 5.11 Å². The zero-order valence-electron chi connectivity index (χ0n) is 5.81. The van der Waals surface area contributed by atoms with Crippen LogP contribution in [-0.4, -0.2) is 18.4 Å². The van der Waals surface area contributed by atoms with Crippen LogP contribution in [-0.2, 0) is 0 Å². The molecule has 0 spiro atoms. The Kier molecular flexibility index (Phi) is 3.21. The lowest BCUT2D eigenvalue weighted by Crippen LogP contribution is -2.28. The molecule has 0 aliphatic rings. The van der Waals surface area contributed by atoms with Crippen molar-refractivity contribution in [2.75, 3.05) is 13.3 Å². The van der Waals surface area contributed by atoms with Gasteiger partial charge in [0.2, 0.25) is 0 Å². The number of aliphatic hydroxyl groups excluding tert-OH is 1. The van der Waals surface area contributed by atoms with Gasteiger partial charge in [0.25, 0.3) is 0 Å². The first-order chi connectivity index (χ1) is 4.12. The highest BCUT2D eigenvalue weighted by atomic mass is 16.3. The summed E-state index contributed by atoms with van der Waals surface area (Å²) in [6.45, 7) is 4.09. The summed E-state index contributed by atoms with van der Waals surface area (Å²) in [6, 6.07) is 2.10. The molecule has 0 aromatic rings. The Bertz CT molecular complexity index is 115. The van der Waals surface area contributed by atoms with Crippen LogP contribution in [0.1, 0.15) is 13.8 Å². The molecule has 0 aliphatic carbocycles. The Labute approximate surface area is 55.3 Å². The van der Waals surface area contributed by atoms with E-state index in [1.54, 1.807) is 0 Å². The van der Waals surface area contributed by atoms with E-state index in [1.165, 1.54) is 0 Å². The van der Waals surface area contributed by atoms with E-state index in [4.69, 9.17) is 10.4 Å². The van der Waals surface area contributed by atoms with Gasteiger partial charge >= 0.3 is 0 Å². The summed E-state index contributed by atoms with van der Waals surface area (Å²) in [6.07, 6.45) is 0. The predicted molar refractivity (Wildman–Crippen MR) is 34.5 cm³/mol. The second-order valence-electron chi connectivity index (χ2n) is 2.58. The highest BCUT2D eigenvalue weighted by Crippen LogP contribution is 2.09. The molecule has 9 heavy (non-hydrogen) atoms. The molecule has 0 unspecified atom stereocenters. The van der Waals surface area contributed by atoms with Crippen molar-refractivity contribution in [3.05, 3.63) is 0 Å². The van der Waals surface area contributed by atoms with Gasteiger partial charge in [0.1, 0.15) is 0 Å². The lowest BCUT2D eigenvalue weighted by atomic mass is 9.96. The first-order valence-corrected chi connectivity index (χ1v) is 2.85. The highest BCUT2D eigenvalue weighted by molar-refractivity contribution is 4.92. The van der Waals surface area contributed by atoms with E-state index in [2.05, 4.69) is 11.4 Å². The third-order valence-corrected chi connectivity index (χ3v) is 0.981. The Morgan fingerprint density at radius 1 is 1.67 bits per heavy atom. The van der Waals surface area contributed by atoms with Gasteiger partial charge in [-0.1, -0.05) is 0 Å². The molecule has 0 aromatic heterocycles. The maximum Gasteiger partial charge on any atom is 0.0932 e. The fourth-order valence-electron chi connectivity index (χ4n) is 0.408. The molecular weight excluding hydrogens is 116 g/mol. The van der Waals surface area contributed by atoms with Crippen molar-refractivity contribution in [1.82, 2.24) is 5.32 Å². The Morgan fingerprint density at radius 2 is 2.22 bits per heavy atom. The molecule has 0 fully saturated rings. The molecule has 0 saturated carbocycles. The minimum absolute atomic E-state index is 0.0644. The summed E-state index contributed by atoms with van der Waals surface area (Å²) >= 11 is 0. The monoisotopic (exact) mass is 128 g/mol. The van der Waals surface area contributed by atoms with E-state index in [9.17, 15) is 0 Å². The largest absolute Gasteiger partial charge is 0.381 e. The molecule has 0 aliphatic heterocycles. The number of aliphatic hydroxyl groups is 1. The van der Waals surface area contributed by atoms with Gasteiger partial charge in [0.05, 0.1) is 18.2 Å². The van der Waals surface area contributed by atoms with Gasteiger partial charge in [-0.2, -0.15) is 5.26 Å². The van der Waals surface area contributed by atoms with Crippen LogP contribution < -0.4 is 5.32 Å². The predicted octanol–water partition coefficient (Wildman–Crippen LogP) is 0.0756. The maximum atomic E-state index is 8.45. The number of nitrogens with one attached hydrogen (secondary N) is 1. The molecule has 0 saturated heterocycles. The summed E-state index contributed by atoms with van der Waals surface area (Å²) in [7, 11) is 0. The Morgan fingerprint density at radius 3 is 2.56 bits per heavy atom. The zero-order valence-corrected chi connectivity index (χ0v) is 5.81. The van der Waals surface area contributed by atoms with E-state index in [1.807, 2.05) is 13.8 Å². The lowest BCUT2D eigenvalue weighted by molar-refractivity contribution is 0.244. The van der Waals surface area contributed by atoms with Crippen LogP contribution in [0.2, 0.25) is 0 Å². The van der Waals surface area contributed by atoms with Gasteiger partial charge in [-0.25, -0.2) is 0 Å². The average molecular weight is 128 g/mol. The average Bonchev–Trinajstić information content (AvgIpc) is 1.84. The minimum atomic E-state index is -0.372. The van der Waals surface area contributed by atoms with Gasteiger partial charge in [-0.3, -0.25) is 5.32 Å². The summed E-state index contributed by atoms with van der Waals surface area (Å²) in [5.41, 5.74) is -0.372. The van der Waals surface area contributed by atoms with Gasteiger partial charge in [0.15, 0.2) is 0 Å². The highest BCUT2D eigenvalue weighted by Gasteiger charge is 2.14. The second-order valence-corrected chi connectivity index (χ2v) is 2.58. The molecule has 0 heterocycles. The van der Waals surface area contributed by atoms with E-state index < -0.39 is 0 Å². The lowest BCUT2D eigenvalue weighted by Gasteiger charge is -2.13.